The van der Waals surface area contributed by atoms with Gasteiger partial charge in [-0.05, 0) is 60.5 Å². The van der Waals surface area contributed by atoms with Crippen LogP contribution in [0.2, 0.25) is 0 Å². The smallest absolute Gasteiger partial charge is 0.251 e. The number of methoxy groups -OCH3 is 1. The molecule has 0 aliphatic carbocycles. The Hall–Kier alpha value is -3.35. The van der Waals surface area contributed by atoms with Crippen LogP contribution in [0.4, 0.5) is 0 Å². The summed E-state index contributed by atoms with van der Waals surface area (Å²) in [6.45, 7) is 2.95. The highest BCUT2D eigenvalue weighted by Crippen LogP contribution is 2.12. The second-order valence-corrected chi connectivity index (χ2v) is 5.95. The van der Waals surface area contributed by atoms with Gasteiger partial charge in [-0.25, -0.2) is 5.43 Å². The third kappa shape index (κ3) is 7.11. The van der Waals surface area contributed by atoms with Gasteiger partial charge in [-0.1, -0.05) is 6.92 Å². The Kier molecular flexibility index (Phi) is 8.52. The van der Waals surface area contributed by atoms with E-state index < -0.39 is 0 Å². The van der Waals surface area contributed by atoms with E-state index in [1.807, 2.05) is 31.2 Å². The molecule has 2 aromatic rings. The lowest BCUT2D eigenvalue weighted by Gasteiger charge is -2.06. The SMILES string of the molecule is CCCOc1ccc(C=NNC(=O)CCNC(=O)c2ccc(OC)cc2)cc1. The van der Waals surface area contributed by atoms with Gasteiger partial charge in [-0.15, -0.1) is 0 Å². The predicted molar refractivity (Wildman–Crippen MR) is 108 cm³/mol. The van der Waals surface area contributed by atoms with E-state index in [4.69, 9.17) is 9.47 Å². The van der Waals surface area contributed by atoms with Gasteiger partial charge in [0.1, 0.15) is 11.5 Å². The molecule has 0 aromatic heterocycles. The molecular formula is C21H25N3O4. The van der Waals surface area contributed by atoms with Gasteiger partial charge in [0.15, 0.2) is 0 Å². The molecule has 2 aromatic carbocycles. The Morgan fingerprint density at radius 1 is 1.04 bits per heavy atom. The molecule has 0 heterocycles. The maximum atomic E-state index is 12.0. The van der Waals surface area contributed by atoms with Gasteiger partial charge in [-0.2, -0.15) is 5.10 Å². The van der Waals surface area contributed by atoms with Crippen molar-refractivity contribution in [3.63, 3.8) is 0 Å². The number of benzene rings is 2. The molecule has 148 valence electrons. The van der Waals surface area contributed by atoms with Crippen LogP contribution in [-0.4, -0.2) is 38.3 Å². The van der Waals surface area contributed by atoms with Gasteiger partial charge >= 0.3 is 0 Å². The minimum Gasteiger partial charge on any atom is -0.497 e. The number of hydrazone groups is 1. The lowest BCUT2D eigenvalue weighted by molar-refractivity contribution is -0.120. The summed E-state index contributed by atoms with van der Waals surface area (Å²) in [5, 5.41) is 6.61. The minimum absolute atomic E-state index is 0.128. The number of ether oxygens (including phenoxy) is 2. The summed E-state index contributed by atoms with van der Waals surface area (Å²) < 4.78 is 10.6. The molecular weight excluding hydrogens is 358 g/mol. The number of carbonyl (C=O) groups excluding carboxylic acids is 2. The highest BCUT2D eigenvalue weighted by atomic mass is 16.5. The van der Waals surface area contributed by atoms with Crippen LogP contribution in [0.5, 0.6) is 11.5 Å². The first-order valence-corrected chi connectivity index (χ1v) is 9.09. The van der Waals surface area contributed by atoms with E-state index in [0.29, 0.717) is 17.9 Å². The Morgan fingerprint density at radius 2 is 1.71 bits per heavy atom. The van der Waals surface area contributed by atoms with E-state index in [-0.39, 0.29) is 24.8 Å². The molecule has 2 amide bonds. The van der Waals surface area contributed by atoms with E-state index in [1.54, 1.807) is 37.6 Å². The predicted octanol–water partition coefficient (Wildman–Crippen LogP) is 2.75. The Balaban J connectivity index is 1.69. The second kappa shape index (κ2) is 11.4. The van der Waals surface area contributed by atoms with Crippen LogP contribution < -0.4 is 20.2 Å². The van der Waals surface area contributed by atoms with Crippen molar-refractivity contribution in [2.75, 3.05) is 20.3 Å². The van der Waals surface area contributed by atoms with Crippen LogP contribution in [0.15, 0.2) is 53.6 Å². The van der Waals surface area contributed by atoms with Crippen LogP contribution in [0, 0.1) is 0 Å². The van der Waals surface area contributed by atoms with E-state index in [0.717, 1.165) is 17.7 Å². The van der Waals surface area contributed by atoms with Crippen molar-refractivity contribution in [2.45, 2.75) is 19.8 Å². The molecule has 0 spiro atoms. The van der Waals surface area contributed by atoms with E-state index in [2.05, 4.69) is 15.8 Å². The van der Waals surface area contributed by atoms with Crippen molar-refractivity contribution in [1.82, 2.24) is 10.7 Å². The highest BCUT2D eigenvalue weighted by molar-refractivity contribution is 5.94. The van der Waals surface area contributed by atoms with E-state index in [1.165, 1.54) is 0 Å². The van der Waals surface area contributed by atoms with Crippen LogP contribution >= 0.6 is 0 Å². The number of hydrogen-bond donors (Lipinski definition) is 2. The molecule has 0 aliphatic rings. The summed E-state index contributed by atoms with van der Waals surface area (Å²) >= 11 is 0. The Morgan fingerprint density at radius 3 is 2.36 bits per heavy atom. The maximum Gasteiger partial charge on any atom is 0.251 e. The highest BCUT2D eigenvalue weighted by Gasteiger charge is 2.06. The molecule has 0 bridgehead atoms. The third-order valence-electron chi connectivity index (χ3n) is 3.75. The molecule has 2 rings (SSSR count). The lowest BCUT2D eigenvalue weighted by Crippen LogP contribution is -2.29. The first-order chi connectivity index (χ1) is 13.6. The average Bonchev–Trinajstić information content (AvgIpc) is 2.73. The number of amides is 2. The van der Waals surface area contributed by atoms with Gasteiger partial charge in [0.2, 0.25) is 5.91 Å². The zero-order valence-corrected chi connectivity index (χ0v) is 16.1. The average molecular weight is 383 g/mol. The summed E-state index contributed by atoms with van der Waals surface area (Å²) in [5.74, 6) is 0.950. The molecule has 0 saturated carbocycles. The summed E-state index contributed by atoms with van der Waals surface area (Å²) in [4.78, 5) is 23.8. The van der Waals surface area contributed by atoms with E-state index in [9.17, 15) is 9.59 Å². The zero-order valence-electron chi connectivity index (χ0n) is 16.1. The number of hydrogen-bond acceptors (Lipinski definition) is 5. The molecule has 2 N–H and O–H groups in total. The summed E-state index contributed by atoms with van der Waals surface area (Å²) in [5.41, 5.74) is 3.79. The molecule has 0 fully saturated rings. The molecule has 0 saturated heterocycles. The first kappa shape index (κ1) is 21.0. The van der Waals surface area contributed by atoms with Crippen molar-refractivity contribution < 1.29 is 19.1 Å². The van der Waals surface area contributed by atoms with Crippen LogP contribution in [-0.2, 0) is 4.79 Å². The minimum atomic E-state index is -0.283. The quantitative estimate of drug-likeness (QED) is 0.488. The molecule has 0 aliphatic heterocycles. The van der Waals surface area contributed by atoms with Crippen molar-refractivity contribution >= 4 is 18.0 Å². The van der Waals surface area contributed by atoms with Crippen molar-refractivity contribution in [3.8, 4) is 11.5 Å². The van der Waals surface area contributed by atoms with Gasteiger partial charge in [0.05, 0.1) is 19.9 Å². The zero-order chi connectivity index (χ0) is 20.2. The monoisotopic (exact) mass is 383 g/mol. The fourth-order valence-corrected chi connectivity index (χ4v) is 2.24. The molecule has 0 radical (unpaired) electrons. The molecule has 7 heteroatoms. The number of rotatable bonds is 10. The van der Waals surface area contributed by atoms with Crippen molar-refractivity contribution in [2.24, 2.45) is 5.10 Å². The third-order valence-corrected chi connectivity index (χ3v) is 3.75. The topological polar surface area (TPSA) is 89.0 Å². The summed E-state index contributed by atoms with van der Waals surface area (Å²) in [7, 11) is 1.56. The largest absolute Gasteiger partial charge is 0.497 e. The molecule has 0 atom stereocenters. The molecule has 7 nitrogen and oxygen atoms in total. The standard InChI is InChI=1S/C21H25N3O4/c1-3-14-28-19-8-4-16(5-9-19)15-23-24-20(25)12-13-22-21(26)17-6-10-18(27-2)11-7-17/h4-11,15H,3,12-14H2,1-2H3,(H,22,26)(H,24,25). The number of carbonyl (C=O) groups is 2. The summed E-state index contributed by atoms with van der Waals surface area (Å²) in [6.07, 6.45) is 2.64. The maximum absolute atomic E-state index is 12.0. The van der Waals surface area contributed by atoms with Crippen LogP contribution in [0.1, 0.15) is 35.7 Å². The second-order valence-electron chi connectivity index (χ2n) is 5.95. The molecule has 0 unspecified atom stereocenters. The van der Waals surface area contributed by atoms with Gasteiger partial charge in [0.25, 0.3) is 5.91 Å². The number of nitrogens with zero attached hydrogens (tertiary/aromatic N) is 1. The van der Waals surface area contributed by atoms with E-state index >= 15 is 0 Å². The Bertz CT molecular complexity index is 786. The van der Waals surface area contributed by atoms with Gasteiger partial charge < -0.3 is 14.8 Å². The summed E-state index contributed by atoms with van der Waals surface area (Å²) in [6, 6.07) is 14.2. The van der Waals surface area contributed by atoms with Crippen LogP contribution in [0.3, 0.4) is 0 Å². The van der Waals surface area contributed by atoms with Crippen molar-refractivity contribution in [3.05, 3.63) is 59.7 Å². The fourth-order valence-electron chi connectivity index (χ4n) is 2.24. The van der Waals surface area contributed by atoms with Crippen molar-refractivity contribution in [1.29, 1.82) is 0 Å². The van der Waals surface area contributed by atoms with Crippen LogP contribution in [0.25, 0.3) is 0 Å². The Labute approximate surface area is 164 Å². The first-order valence-electron chi connectivity index (χ1n) is 9.09. The molecule has 28 heavy (non-hydrogen) atoms. The van der Waals surface area contributed by atoms with Gasteiger partial charge in [-0.3, -0.25) is 9.59 Å². The lowest BCUT2D eigenvalue weighted by atomic mass is 10.2. The van der Waals surface area contributed by atoms with Gasteiger partial charge in [0, 0.05) is 18.5 Å². The normalized spacial score (nSPS) is 10.5. The number of nitrogens with one attached hydrogen (secondary N) is 2. The fraction of sp³-hybridized carbons (Fsp3) is 0.286.